The monoisotopic (exact) mass is 842 g/mol. The summed E-state index contributed by atoms with van der Waals surface area (Å²) in [6.07, 6.45) is 3.02. The third-order valence-corrected chi connectivity index (χ3v) is 11.7. The zero-order valence-corrected chi connectivity index (χ0v) is 45.3. The van der Waals surface area contributed by atoms with Crippen molar-refractivity contribution in [3.05, 3.63) is 71.8 Å². The highest BCUT2D eigenvalue weighted by molar-refractivity contribution is 5.17. The van der Waals surface area contributed by atoms with Crippen LogP contribution < -0.4 is 28.7 Å². The SMILES string of the molecule is CC(C)(C)C(C)(C)N.CC(C)(C)C[C@@H](N)Cc1ccccc1.CC(C)(C)[C@@H](N)Cc1ccccc1.CC(C)C(C)(C)C.CC(C)[C@@H](N)C(C)(C)C.CC(C)[C@H](N)C(C)(C)C. The topological polar surface area (TPSA) is 130 Å². The third-order valence-electron chi connectivity index (χ3n) is 11.7. The van der Waals surface area contributed by atoms with Gasteiger partial charge in [0.2, 0.25) is 0 Å². The maximum atomic E-state index is 6.09. The average molecular weight is 843 g/mol. The van der Waals surface area contributed by atoms with Gasteiger partial charge in [-0.25, -0.2) is 0 Å². The zero-order chi connectivity index (χ0) is 48.9. The third kappa shape index (κ3) is 36.9. The molecule has 4 atom stereocenters. The number of hydrogen-bond donors (Lipinski definition) is 5. The Balaban J connectivity index is -0.000000320. The van der Waals surface area contributed by atoms with Crippen molar-refractivity contribution in [1.82, 2.24) is 0 Å². The summed E-state index contributed by atoms with van der Waals surface area (Å²) < 4.78 is 0. The highest BCUT2D eigenvalue weighted by atomic mass is 14.7. The first-order chi connectivity index (χ1) is 26.4. The van der Waals surface area contributed by atoms with Crippen LogP contribution in [0.2, 0.25) is 0 Å². The van der Waals surface area contributed by atoms with Crippen LogP contribution in [0.15, 0.2) is 60.7 Å². The molecule has 0 aromatic heterocycles. The Morgan fingerprint density at radius 1 is 0.417 bits per heavy atom. The van der Waals surface area contributed by atoms with Crippen LogP contribution in [0.25, 0.3) is 0 Å². The summed E-state index contributed by atoms with van der Waals surface area (Å²) in [6.45, 7) is 56.8. The number of hydrogen-bond acceptors (Lipinski definition) is 5. The molecular formula is C55H111N5. The number of nitrogens with two attached hydrogens (primary N) is 5. The summed E-state index contributed by atoms with van der Waals surface area (Å²) in [7, 11) is 0. The molecule has 0 aliphatic rings. The highest BCUT2D eigenvalue weighted by Crippen LogP contribution is 2.27. The van der Waals surface area contributed by atoms with E-state index in [1.54, 1.807) is 0 Å². The minimum Gasteiger partial charge on any atom is -0.327 e. The summed E-state index contributed by atoms with van der Waals surface area (Å²) >= 11 is 0. The second kappa shape index (κ2) is 28.1. The van der Waals surface area contributed by atoms with Crippen molar-refractivity contribution in [3.8, 4) is 0 Å². The fourth-order valence-electron chi connectivity index (χ4n) is 4.95. The Hall–Kier alpha value is -1.76. The lowest BCUT2D eigenvalue weighted by Crippen LogP contribution is -2.45. The van der Waals surface area contributed by atoms with Gasteiger partial charge in [0.25, 0.3) is 0 Å². The molecule has 60 heavy (non-hydrogen) atoms. The fraction of sp³-hybridized carbons (Fsp3) is 0.782. The van der Waals surface area contributed by atoms with Crippen molar-refractivity contribution in [2.75, 3.05) is 0 Å². The molecular weight excluding hydrogens is 731 g/mol. The van der Waals surface area contributed by atoms with E-state index < -0.39 is 0 Å². The molecule has 0 spiro atoms. The molecule has 2 aromatic carbocycles. The Morgan fingerprint density at radius 3 is 0.850 bits per heavy atom. The quantitative estimate of drug-likeness (QED) is 0.189. The van der Waals surface area contributed by atoms with E-state index >= 15 is 0 Å². The van der Waals surface area contributed by atoms with Crippen LogP contribution in [0.5, 0.6) is 0 Å². The van der Waals surface area contributed by atoms with E-state index in [-0.39, 0.29) is 39.3 Å². The molecule has 0 unspecified atom stereocenters. The largest absolute Gasteiger partial charge is 0.327 e. The summed E-state index contributed by atoms with van der Waals surface area (Å²) in [5, 5.41) is 0. The molecule has 0 heterocycles. The van der Waals surface area contributed by atoms with Gasteiger partial charge in [-0.3, -0.25) is 0 Å². The first-order valence-electron chi connectivity index (χ1n) is 23.3. The Morgan fingerprint density at radius 2 is 0.683 bits per heavy atom. The van der Waals surface area contributed by atoms with Gasteiger partial charge in [-0.2, -0.15) is 0 Å². The van der Waals surface area contributed by atoms with E-state index in [4.69, 9.17) is 28.7 Å². The van der Waals surface area contributed by atoms with Crippen molar-refractivity contribution in [3.63, 3.8) is 0 Å². The van der Waals surface area contributed by atoms with E-state index in [1.807, 2.05) is 26.0 Å². The lowest BCUT2D eigenvalue weighted by Gasteiger charge is -2.34. The van der Waals surface area contributed by atoms with E-state index in [9.17, 15) is 0 Å². The van der Waals surface area contributed by atoms with Gasteiger partial charge in [0.05, 0.1) is 0 Å². The first kappa shape index (κ1) is 64.9. The lowest BCUT2D eigenvalue weighted by molar-refractivity contribution is 0.230. The van der Waals surface area contributed by atoms with Crippen LogP contribution in [0.1, 0.15) is 198 Å². The molecule has 0 fully saturated rings. The Kier molecular flexibility index (Phi) is 30.4. The van der Waals surface area contributed by atoms with E-state index in [0.29, 0.717) is 34.7 Å². The molecule has 0 aliphatic carbocycles. The van der Waals surface area contributed by atoms with Gasteiger partial charge in [0.1, 0.15) is 0 Å². The maximum Gasteiger partial charge on any atom is 0.0146 e. The zero-order valence-electron chi connectivity index (χ0n) is 45.3. The molecule has 2 aromatic rings. The van der Waals surface area contributed by atoms with Crippen LogP contribution in [-0.2, 0) is 12.8 Å². The van der Waals surface area contributed by atoms with Crippen molar-refractivity contribution < 1.29 is 0 Å². The predicted molar refractivity (Wildman–Crippen MR) is 276 cm³/mol. The van der Waals surface area contributed by atoms with Crippen molar-refractivity contribution in [2.24, 2.45) is 78.9 Å². The molecule has 0 saturated heterocycles. The molecule has 5 nitrogen and oxygen atoms in total. The van der Waals surface area contributed by atoms with Crippen LogP contribution in [-0.4, -0.2) is 29.7 Å². The van der Waals surface area contributed by atoms with Crippen LogP contribution >= 0.6 is 0 Å². The second-order valence-electron chi connectivity index (χ2n) is 25.6. The van der Waals surface area contributed by atoms with Crippen LogP contribution in [0.4, 0.5) is 0 Å². The summed E-state index contributed by atoms with van der Waals surface area (Å²) in [5.74, 6) is 1.97. The predicted octanol–water partition coefficient (Wildman–Crippen LogP) is 14.1. The molecule has 0 bridgehead atoms. The molecule has 5 heteroatoms. The van der Waals surface area contributed by atoms with Gasteiger partial charge >= 0.3 is 0 Å². The summed E-state index contributed by atoms with van der Waals surface area (Å²) in [6, 6.07) is 22.0. The summed E-state index contributed by atoms with van der Waals surface area (Å²) in [4.78, 5) is 0. The van der Waals surface area contributed by atoms with E-state index in [2.05, 4.69) is 215 Å². The Labute approximate surface area is 378 Å². The van der Waals surface area contributed by atoms with Gasteiger partial charge in [-0.1, -0.05) is 227 Å². The average Bonchev–Trinajstić information content (AvgIpc) is 3.03. The smallest absolute Gasteiger partial charge is 0.0146 e. The maximum absolute atomic E-state index is 6.09. The second-order valence-corrected chi connectivity index (χ2v) is 25.6. The summed E-state index contributed by atoms with van der Waals surface area (Å²) in [5.41, 5.74) is 34.1. The van der Waals surface area contributed by atoms with E-state index in [1.165, 1.54) is 11.1 Å². The molecule has 2 rings (SSSR count). The highest BCUT2D eigenvalue weighted by Gasteiger charge is 2.28. The van der Waals surface area contributed by atoms with Gasteiger partial charge in [-0.15, -0.1) is 0 Å². The first-order valence-corrected chi connectivity index (χ1v) is 23.3. The van der Waals surface area contributed by atoms with Gasteiger partial charge < -0.3 is 28.7 Å². The minimum atomic E-state index is -0.0625. The van der Waals surface area contributed by atoms with Crippen molar-refractivity contribution in [1.29, 1.82) is 0 Å². The molecule has 0 aliphatic heterocycles. The number of rotatable bonds is 7. The molecule has 0 saturated carbocycles. The molecule has 356 valence electrons. The van der Waals surface area contributed by atoms with E-state index in [0.717, 1.165) is 25.2 Å². The fourth-order valence-corrected chi connectivity index (χ4v) is 4.95. The van der Waals surface area contributed by atoms with Gasteiger partial charge in [0, 0.05) is 29.7 Å². The minimum absolute atomic E-state index is 0.0625. The van der Waals surface area contributed by atoms with Crippen molar-refractivity contribution >= 4 is 0 Å². The van der Waals surface area contributed by atoms with Gasteiger partial charge in [-0.05, 0) is 94.5 Å². The number of benzene rings is 2. The van der Waals surface area contributed by atoms with Gasteiger partial charge in [0.15, 0.2) is 0 Å². The molecule has 0 amide bonds. The molecule has 0 radical (unpaired) electrons. The van der Waals surface area contributed by atoms with Crippen LogP contribution in [0.3, 0.4) is 0 Å². The van der Waals surface area contributed by atoms with Crippen molar-refractivity contribution in [2.45, 2.75) is 229 Å². The standard InChI is InChI=1S/C13H21N.C12H19N.2C8H19N.C7H17N.C7H16/c1-13(2,3)10-12(14)9-11-7-5-4-6-8-11;1-12(2,3)11(13)9-10-7-5-4-6-8-10;2*1-6(2)7(9)8(3,4)5;1-6(2,3)7(4,5)8;1-6(2)7(3,4)5/h4-8,12H,9-10,14H2,1-3H3;4-8,11H,9,13H2,1-3H3;2*6-7H,9H2,1-5H3;8H2,1-5H3;6H,1-5H3/t12-;11-;2*7-;;/m0010../s1. The normalized spacial score (nSPS) is 14.6. The van der Waals surface area contributed by atoms with Crippen LogP contribution in [0, 0.1) is 50.2 Å². The lowest BCUT2D eigenvalue weighted by atomic mass is 9.77. The Bertz CT molecular complexity index is 1240. The molecule has 10 N–H and O–H groups in total.